The van der Waals surface area contributed by atoms with Gasteiger partial charge in [-0.1, -0.05) is 34.1 Å². The minimum Gasteiger partial charge on any atom is -0.311 e. The number of alkyl halides is 1. The van der Waals surface area contributed by atoms with Crippen LogP contribution in [0.5, 0.6) is 0 Å². The first-order valence-corrected chi connectivity index (χ1v) is 6.54. The fourth-order valence-electron chi connectivity index (χ4n) is 2.34. The summed E-state index contributed by atoms with van der Waals surface area (Å²) in [5.74, 6) is 0. The smallest absolute Gasteiger partial charge is 0.127 e. The van der Waals surface area contributed by atoms with Crippen LogP contribution in [0.3, 0.4) is 0 Å². The molecule has 3 heteroatoms. The maximum atomic E-state index is 14.6. The molecule has 1 aliphatic rings. The highest BCUT2D eigenvalue weighted by Gasteiger charge is 2.36. The highest BCUT2D eigenvalue weighted by atomic mass is 79.9. The van der Waals surface area contributed by atoms with E-state index in [-0.39, 0.29) is 6.04 Å². The predicted molar refractivity (Wildman–Crippen MR) is 68.4 cm³/mol. The lowest BCUT2D eigenvalue weighted by Crippen LogP contribution is -2.43. The van der Waals surface area contributed by atoms with Crippen molar-refractivity contribution in [1.82, 2.24) is 5.32 Å². The maximum Gasteiger partial charge on any atom is 0.127 e. The van der Waals surface area contributed by atoms with Crippen LogP contribution in [0.15, 0.2) is 28.7 Å². The van der Waals surface area contributed by atoms with Crippen LogP contribution in [-0.4, -0.2) is 18.3 Å². The summed E-state index contributed by atoms with van der Waals surface area (Å²) in [6.07, 6.45) is 2.49. The molecule has 1 nitrogen and oxygen atoms in total. The van der Waals surface area contributed by atoms with E-state index in [1.54, 1.807) is 6.92 Å². The third-order valence-corrected chi connectivity index (χ3v) is 4.05. The highest BCUT2D eigenvalue weighted by molar-refractivity contribution is 9.10. The average Bonchev–Trinajstić information content (AvgIpc) is 2.75. The summed E-state index contributed by atoms with van der Waals surface area (Å²) >= 11 is 3.47. The predicted octanol–water partition coefficient (Wildman–Crippen LogP) is 3.47. The van der Waals surface area contributed by atoms with Gasteiger partial charge in [0.1, 0.15) is 5.67 Å². The normalized spacial score (nSPS) is 24.3. The molecule has 0 saturated carbocycles. The molecule has 1 aromatic rings. The lowest BCUT2D eigenvalue weighted by Gasteiger charge is -2.28. The maximum absolute atomic E-state index is 14.6. The van der Waals surface area contributed by atoms with Crippen molar-refractivity contribution >= 4 is 15.9 Å². The molecule has 0 aliphatic carbocycles. The Morgan fingerprint density at radius 2 is 2.25 bits per heavy atom. The van der Waals surface area contributed by atoms with E-state index in [1.807, 2.05) is 24.3 Å². The molecular formula is C13H17BrFN. The summed E-state index contributed by atoms with van der Waals surface area (Å²) in [4.78, 5) is 0. The van der Waals surface area contributed by atoms with E-state index in [4.69, 9.17) is 0 Å². The Hall–Kier alpha value is -0.410. The van der Waals surface area contributed by atoms with Crippen LogP contribution in [0.1, 0.15) is 25.3 Å². The summed E-state index contributed by atoms with van der Waals surface area (Å²) < 4.78 is 15.6. The van der Waals surface area contributed by atoms with Gasteiger partial charge in [-0.25, -0.2) is 4.39 Å². The minimum absolute atomic E-state index is 0.000365. The van der Waals surface area contributed by atoms with Gasteiger partial charge in [0.05, 0.1) is 0 Å². The molecular weight excluding hydrogens is 269 g/mol. The second kappa shape index (κ2) is 4.84. The molecule has 0 bridgehead atoms. The second-order valence-electron chi connectivity index (χ2n) is 4.70. The van der Waals surface area contributed by atoms with Gasteiger partial charge in [0, 0.05) is 16.9 Å². The van der Waals surface area contributed by atoms with Gasteiger partial charge in [0.2, 0.25) is 0 Å². The van der Waals surface area contributed by atoms with Crippen molar-refractivity contribution in [2.75, 3.05) is 6.54 Å². The average molecular weight is 286 g/mol. The molecule has 1 heterocycles. The second-order valence-corrected chi connectivity index (χ2v) is 5.55. The Morgan fingerprint density at radius 1 is 1.50 bits per heavy atom. The Bertz CT molecular complexity index is 359. The van der Waals surface area contributed by atoms with Gasteiger partial charge < -0.3 is 5.32 Å². The molecule has 2 atom stereocenters. The third kappa shape index (κ3) is 2.64. The Balaban J connectivity index is 2.10. The zero-order chi connectivity index (χ0) is 11.6. The molecule has 1 N–H and O–H groups in total. The monoisotopic (exact) mass is 285 g/mol. The minimum atomic E-state index is -1.17. The van der Waals surface area contributed by atoms with E-state index in [0.29, 0.717) is 6.42 Å². The first-order chi connectivity index (χ1) is 7.59. The van der Waals surface area contributed by atoms with E-state index >= 15 is 0 Å². The lowest BCUT2D eigenvalue weighted by molar-refractivity contribution is 0.137. The standard InChI is InChI=1S/C13H17BrFN/c1-13(15,12-7-4-8-16-12)9-10-5-2-3-6-11(10)14/h2-3,5-6,12,16H,4,7-9H2,1H3. The zero-order valence-corrected chi connectivity index (χ0v) is 11.1. The molecule has 1 saturated heterocycles. The first kappa shape index (κ1) is 12.1. The Kier molecular flexibility index (Phi) is 3.65. The van der Waals surface area contributed by atoms with Crippen molar-refractivity contribution in [2.24, 2.45) is 0 Å². The van der Waals surface area contributed by atoms with Crippen molar-refractivity contribution in [2.45, 2.75) is 37.9 Å². The zero-order valence-electron chi connectivity index (χ0n) is 9.47. The molecule has 2 rings (SSSR count). The van der Waals surface area contributed by atoms with Crippen molar-refractivity contribution < 1.29 is 4.39 Å². The highest BCUT2D eigenvalue weighted by Crippen LogP contribution is 2.29. The van der Waals surface area contributed by atoms with Crippen LogP contribution < -0.4 is 5.32 Å². The number of halogens is 2. The molecule has 16 heavy (non-hydrogen) atoms. The van der Waals surface area contributed by atoms with Crippen molar-refractivity contribution in [1.29, 1.82) is 0 Å². The quantitative estimate of drug-likeness (QED) is 0.897. The number of rotatable bonds is 3. The number of benzene rings is 1. The molecule has 0 radical (unpaired) electrons. The summed E-state index contributed by atoms with van der Waals surface area (Å²) in [6.45, 7) is 2.65. The fourth-order valence-corrected chi connectivity index (χ4v) is 2.76. The van der Waals surface area contributed by atoms with E-state index in [2.05, 4.69) is 21.2 Å². The molecule has 1 aromatic carbocycles. The van der Waals surface area contributed by atoms with Crippen LogP contribution in [0, 0.1) is 0 Å². The van der Waals surface area contributed by atoms with E-state index in [1.165, 1.54) is 0 Å². The van der Waals surface area contributed by atoms with Gasteiger partial charge in [-0.05, 0) is 37.9 Å². The van der Waals surface area contributed by atoms with Crippen LogP contribution in [0.4, 0.5) is 4.39 Å². The van der Waals surface area contributed by atoms with Gasteiger partial charge in [-0.3, -0.25) is 0 Å². The van der Waals surface area contributed by atoms with Crippen molar-refractivity contribution in [3.05, 3.63) is 34.3 Å². The van der Waals surface area contributed by atoms with Gasteiger partial charge in [0.15, 0.2) is 0 Å². The molecule has 0 amide bonds. The van der Waals surface area contributed by atoms with Crippen LogP contribution in [-0.2, 0) is 6.42 Å². The summed E-state index contributed by atoms with van der Waals surface area (Å²) in [6, 6.07) is 7.86. The van der Waals surface area contributed by atoms with Crippen LogP contribution >= 0.6 is 15.9 Å². The summed E-state index contributed by atoms with van der Waals surface area (Å²) in [7, 11) is 0. The fraction of sp³-hybridized carbons (Fsp3) is 0.538. The van der Waals surface area contributed by atoms with Crippen LogP contribution in [0.2, 0.25) is 0 Å². The first-order valence-electron chi connectivity index (χ1n) is 5.75. The van der Waals surface area contributed by atoms with Gasteiger partial charge in [0.25, 0.3) is 0 Å². The molecule has 1 aliphatic heterocycles. The topological polar surface area (TPSA) is 12.0 Å². The Labute approximate surface area is 105 Å². The molecule has 1 fully saturated rings. The van der Waals surface area contributed by atoms with Crippen molar-refractivity contribution in [3.63, 3.8) is 0 Å². The van der Waals surface area contributed by atoms with E-state index < -0.39 is 5.67 Å². The third-order valence-electron chi connectivity index (χ3n) is 3.28. The number of nitrogens with one attached hydrogen (secondary N) is 1. The van der Waals surface area contributed by atoms with Gasteiger partial charge in [-0.2, -0.15) is 0 Å². The SMILES string of the molecule is CC(F)(Cc1ccccc1Br)C1CCCN1. The molecule has 0 spiro atoms. The van der Waals surface area contributed by atoms with Gasteiger partial charge in [-0.15, -0.1) is 0 Å². The summed E-state index contributed by atoms with van der Waals surface area (Å²) in [5.41, 5.74) is -0.124. The number of hydrogen-bond donors (Lipinski definition) is 1. The van der Waals surface area contributed by atoms with Crippen LogP contribution in [0.25, 0.3) is 0 Å². The molecule has 0 aromatic heterocycles. The Morgan fingerprint density at radius 3 is 2.88 bits per heavy atom. The van der Waals surface area contributed by atoms with E-state index in [0.717, 1.165) is 29.4 Å². The summed E-state index contributed by atoms with van der Waals surface area (Å²) in [5, 5.41) is 3.25. The lowest BCUT2D eigenvalue weighted by atomic mass is 9.90. The molecule has 88 valence electrons. The van der Waals surface area contributed by atoms with Gasteiger partial charge >= 0.3 is 0 Å². The van der Waals surface area contributed by atoms with E-state index in [9.17, 15) is 4.39 Å². The number of hydrogen-bond acceptors (Lipinski definition) is 1. The molecule has 2 unspecified atom stereocenters. The van der Waals surface area contributed by atoms with Crippen molar-refractivity contribution in [3.8, 4) is 0 Å². The largest absolute Gasteiger partial charge is 0.311 e.